The van der Waals surface area contributed by atoms with E-state index in [2.05, 4.69) is 21.2 Å². The molecular weight excluding hydrogens is 309 g/mol. The molecule has 2 nitrogen and oxygen atoms in total. The third-order valence-corrected chi connectivity index (χ3v) is 3.49. The maximum absolute atomic E-state index is 12.7. The summed E-state index contributed by atoms with van der Waals surface area (Å²) in [5, 5.41) is 2.81. The number of carbonyl (C=O) groups excluding carboxylic acids is 1. The Balaban J connectivity index is 1.88. The molecule has 19 heavy (non-hydrogen) atoms. The van der Waals surface area contributed by atoms with Crippen molar-refractivity contribution in [2.24, 2.45) is 0 Å². The van der Waals surface area contributed by atoms with Crippen LogP contribution < -0.4 is 5.32 Å². The zero-order valence-electron chi connectivity index (χ0n) is 10.2. The first kappa shape index (κ1) is 13.7. The van der Waals surface area contributed by atoms with Gasteiger partial charge >= 0.3 is 0 Å². The van der Waals surface area contributed by atoms with Gasteiger partial charge in [0.2, 0.25) is 5.91 Å². The van der Waals surface area contributed by atoms with Gasteiger partial charge in [0.15, 0.2) is 0 Å². The zero-order valence-corrected chi connectivity index (χ0v) is 11.8. The first-order valence-electron chi connectivity index (χ1n) is 5.90. The fourth-order valence-electron chi connectivity index (χ4n) is 1.68. The lowest BCUT2D eigenvalue weighted by Gasteiger charge is -2.06. The minimum atomic E-state index is -0.275. The summed E-state index contributed by atoms with van der Waals surface area (Å²) in [6.07, 6.45) is 0.322. The Morgan fingerprint density at radius 2 is 1.79 bits per heavy atom. The molecule has 0 unspecified atom stereocenters. The van der Waals surface area contributed by atoms with Crippen molar-refractivity contribution in [3.63, 3.8) is 0 Å². The molecule has 0 bridgehead atoms. The van der Waals surface area contributed by atoms with Gasteiger partial charge in [-0.2, -0.15) is 0 Å². The van der Waals surface area contributed by atoms with E-state index in [-0.39, 0.29) is 11.7 Å². The van der Waals surface area contributed by atoms with Gasteiger partial charge in [-0.15, -0.1) is 0 Å². The van der Waals surface area contributed by atoms with Gasteiger partial charge in [-0.05, 0) is 29.3 Å². The molecule has 0 aliphatic carbocycles. The fourth-order valence-corrected chi connectivity index (χ4v) is 2.11. The molecule has 0 saturated heterocycles. The van der Waals surface area contributed by atoms with Crippen LogP contribution in [0.25, 0.3) is 0 Å². The van der Waals surface area contributed by atoms with Crippen LogP contribution >= 0.6 is 15.9 Å². The molecule has 0 saturated carbocycles. The second kappa shape index (κ2) is 6.48. The van der Waals surface area contributed by atoms with Crippen LogP contribution in [0.3, 0.4) is 0 Å². The summed E-state index contributed by atoms with van der Waals surface area (Å²) in [5.41, 5.74) is 1.82. The number of halogens is 2. The van der Waals surface area contributed by atoms with Crippen LogP contribution in [-0.2, 0) is 17.8 Å². The average Bonchev–Trinajstić information content (AvgIpc) is 2.41. The molecule has 0 spiro atoms. The van der Waals surface area contributed by atoms with E-state index >= 15 is 0 Å². The van der Waals surface area contributed by atoms with Gasteiger partial charge in [-0.1, -0.05) is 46.3 Å². The highest BCUT2D eigenvalue weighted by atomic mass is 79.9. The highest BCUT2D eigenvalue weighted by Crippen LogP contribution is 2.16. The van der Waals surface area contributed by atoms with Gasteiger partial charge in [0.1, 0.15) is 5.82 Å². The molecule has 98 valence electrons. The lowest BCUT2D eigenvalue weighted by atomic mass is 10.1. The molecule has 0 aliphatic heterocycles. The third kappa shape index (κ3) is 4.17. The highest BCUT2D eigenvalue weighted by Gasteiger charge is 2.06. The third-order valence-electron chi connectivity index (χ3n) is 2.71. The van der Waals surface area contributed by atoms with Crippen LogP contribution in [-0.4, -0.2) is 5.91 Å². The second-order valence-corrected chi connectivity index (χ2v) is 5.03. The van der Waals surface area contributed by atoms with Crippen LogP contribution in [0.1, 0.15) is 11.1 Å². The van der Waals surface area contributed by atoms with E-state index in [1.807, 2.05) is 24.3 Å². The van der Waals surface area contributed by atoms with Crippen molar-refractivity contribution in [2.75, 3.05) is 0 Å². The molecule has 2 aromatic carbocycles. The van der Waals surface area contributed by atoms with Gasteiger partial charge < -0.3 is 5.32 Å². The number of amides is 1. The van der Waals surface area contributed by atoms with Gasteiger partial charge in [-0.25, -0.2) is 4.39 Å². The summed E-state index contributed by atoms with van der Waals surface area (Å²) < 4.78 is 13.6. The molecule has 0 heterocycles. The largest absolute Gasteiger partial charge is 0.352 e. The van der Waals surface area contributed by atoms with Crippen LogP contribution in [0.2, 0.25) is 0 Å². The number of carbonyl (C=O) groups is 1. The molecule has 0 fully saturated rings. The van der Waals surface area contributed by atoms with Crippen molar-refractivity contribution >= 4 is 21.8 Å². The van der Waals surface area contributed by atoms with Crippen molar-refractivity contribution < 1.29 is 9.18 Å². The number of hydrogen-bond acceptors (Lipinski definition) is 1. The maximum atomic E-state index is 12.7. The normalized spacial score (nSPS) is 10.2. The topological polar surface area (TPSA) is 29.1 Å². The van der Waals surface area contributed by atoms with Crippen LogP contribution in [0, 0.1) is 5.82 Å². The van der Waals surface area contributed by atoms with Gasteiger partial charge in [0, 0.05) is 11.0 Å². The molecule has 4 heteroatoms. The Hall–Kier alpha value is -1.68. The van der Waals surface area contributed by atoms with Crippen molar-refractivity contribution in [3.8, 4) is 0 Å². The lowest BCUT2D eigenvalue weighted by molar-refractivity contribution is -0.120. The molecule has 2 rings (SSSR count). The number of hydrogen-bond donors (Lipinski definition) is 1. The van der Waals surface area contributed by atoms with E-state index in [1.54, 1.807) is 12.1 Å². The molecule has 2 aromatic rings. The lowest BCUT2D eigenvalue weighted by Crippen LogP contribution is -2.24. The quantitative estimate of drug-likeness (QED) is 0.918. The Morgan fingerprint density at radius 3 is 2.47 bits per heavy atom. The highest BCUT2D eigenvalue weighted by molar-refractivity contribution is 9.10. The molecule has 0 radical (unpaired) electrons. The van der Waals surface area contributed by atoms with Crippen LogP contribution in [0.4, 0.5) is 4.39 Å². The summed E-state index contributed by atoms with van der Waals surface area (Å²) in [5.74, 6) is -0.334. The Labute approximate surface area is 119 Å². The zero-order chi connectivity index (χ0) is 13.7. The first-order chi connectivity index (χ1) is 9.15. The second-order valence-electron chi connectivity index (χ2n) is 4.17. The van der Waals surface area contributed by atoms with Gasteiger partial charge in [-0.3, -0.25) is 4.79 Å². The Kier molecular flexibility index (Phi) is 4.68. The molecule has 1 N–H and O–H groups in total. The maximum Gasteiger partial charge on any atom is 0.224 e. The summed E-state index contributed by atoms with van der Waals surface area (Å²) in [7, 11) is 0. The van der Waals surface area contributed by atoms with E-state index < -0.39 is 0 Å². The predicted molar refractivity (Wildman–Crippen MR) is 76.1 cm³/mol. The number of benzene rings is 2. The summed E-state index contributed by atoms with van der Waals surface area (Å²) in [6, 6.07) is 13.7. The predicted octanol–water partition coefficient (Wildman–Crippen LogP) is 3.45. The Morgan fingerprint density at radius 1 is 1.11 bits per heavy atom. The SMILES string of the molecule is O=C(Cc1ccccc1Br)NCc1ccc(F)cc1. The molecule has 0 aliphatic rings. The van der Waals surface area contributed by atoms with Gasteiger partial charge in [0.25, 0.3) is 0 Å². The van der Waals surface area contributed by atoms with Gasteiger partial charge in [0.05, 0.1) is 6.42 Å². The number of nitrogens with one attached hydrogen (secondary N) is 1. The summed E-state index contributed by atoms with van der Waals surface area (Å²) in [6.45, 7) is 0.406. The number of rotatable bonds is 4. The smallest absolute Gasteiger partial charge is 0.224 e. The van der Waals surface area contributed by atoms with Crippen LogP contribution in [0.15, 0.2) is 53.0 Å². The molecule has 0 atom stereocenters. The fraction of sp³-hybridized carbons (Fsp3) is 0.133. The Bertz CT molecular complexity index is 569. The van der Waals surface area contributed by atoms with Crippen molar-refractivity contribution in [2.45, 2.75) is 13.0 Å². The van der Waals surface area contributed by atoms with E-state index in [0.717, 1.165) is 15.6 Å². The minimum Gasteiger partial charge on any atom is -0.352 e. The van der Waals surface area contributed by atoms with Crippen LogP contribution in [0.5, 0.6) is 0 Å². The molecular formula is C15H13BrFNO. The van der Waals surface area contributed by atoms with Crippen molar-refractivity contribution in [3.05, 3.63) is 69.9 Å². The molecule has 0 aromatic heterocycles. The van der Waals surface area contributed by atoms with E-state index in [9.17, 15) is 9.18 Å². The van der Waals surface area contributed by atoms with Crippen molar-refractivity contribution in [1.82, 2.24) is 5.32 Å². The first-order valence-corrected chi connectivity index (χ1v) is 6.69. The average molecular weight is 322 g/mol. The monoisotopic (exact) mass is 321 g/mol. The summed E-state index contributed by atoms with van der Waals surface area (Å²) >= 11 is 3.41. The minimum absolute atomic E-state index is 0.0591. The molecule has 1 amide bonds. The van der Waals surface area contributed by atoms with E-state index in [0.29, 0.717) is 13.0 Å². The standard InChI is InChI=1S/C15H13BrFNO/c16-14-4-2-1-3-12(14)9-15(19)18-10-11-5-7-13(17)8-6-11/h1-8H,9-10H2,(H,18,19). The van der Waals surface area contributed by atoms with E-state index in [4.69, 9.17) is 0 Å². The van der Waals surface area contributed by atoms with Crippen molar-refractivity contribution in [1.29, 1.82) is 0 Å². The van der Waals surface area contributed by atoms with E-state index in [1.165, 1.54) is 12.1 Å². The summed E-state index contributed by atoms with van der Waals surface area (Å²) in [4.78, 5) is 11.8.